The highest BCUT2D eigenvalue weighted by Gasteiger charge is 2.41. The molecule has 0 saturated carbocycles. The molecule has 0 aliphatic heterocycles. The molecule has 0 unspecified atom stereocenters. The Labute approximate surface area is 235 Å². The van der Waals surface area contributed by atoms with Crippen molar-refractivity contribution in [1.29, 1.82) is 5.26 Å². The molecule has 0 aliphatic carbocycles. The van der Waals surface area contributed by atoms with Crippen molar-refractivity contribution in [2.75, 3.05) is 0 Å². The van der Waals surface area contributed by atoms with Crippen LogP contribution in [0.2, 0.25) is 20.1 Å². The maximum absolute atomic E-state index is 13.8. The van der Waals surface area contributed by atoms with Gasteiger partial charge in [-0.3, -0.25) is 14.4 Å². The van der Waals surface area contributed by atoms with Crippen LogP contribution in [0, 0.1) is 11.3 Å². The number of nitrogens with zero attached hydrogens (tertiary/aromatic N) is 2. The second-order valence-electron chi connectivity index (χ2n) is 7.17. The monoisotopic (exact) mass is 608 g/mol. The van der Waals surface area contributed by atoms with E-state index in [9.17, 15) is 19.6 Å². The van der Waals surface area contributed by atoms with Crippen LogP contribution in [-0.4, -0.2) is 25.7 Å². The van der Waals surface area contributed by atoms with E-state index in [0.717, 1.165) is 0 Å². The van der Waals surface area contributed by atoms with Crippen LogP contribution in [0.15, 0.2) is 36.4 Å². The van der Waals surface area contributed by atoms with Gasteiger partial charge in [0.1, 0.15) is 5.69 Å². The number of hydrogen-bond acceptors (Lipinski definition) is 4. The molecule has 35 heavy (non-hydrogen) atoms. The Hall–Kier alpha value is -1.75. The fourth-order valence-electron chi connectivity index (χ4n) is 3.50. The quantitative estimate of drug-likeness (QED) is 0.211. The maximum atomic E-state index is 13.8. The van der Waals surface area contributed by atoms with Crippen molar-refractivity contribution in [2.45, 2.75) is 10.2 Å². The number of halogens is 7. The molecule has 2 aromatic carbocycles. The van der Waals surface area contributed by atoms with Gasteiger partial charge < -0.3 is 4.57 Å². The van der Waals surface area contributed by atoms with E-state index in [1.165, 1.54) is 48.0 Å². The van der Waals surface area contributed by atoms with Gasteiger partial charge >= 0.3 is 0 Å². The molecule has 0 saturated heterocycles. The van der Waals surface area contributed by atoms with Gasteiger partial charge in [-0.05, 0) is 36.4 Å². The summed E-state index contributed by atoms with van der Waals surface area (Å²) in [5, 5.41) is 9.92. The summed E-state index contributed by atoms with van der Waals surface area (Å²) in [5.41, 5.74) is -1.10. The lowest BCUT2D eigenvalue weighted by atomic mass is 9.92. The number of alkyl halides is 3. The number of hydrogen-bond donors (Lipinski definition) is 0. The number of benzene rings is 2. The molecule has 0 amide bonds. The second kappa shape index (κ2) is 10.7. The third-order valence-corrected chi connectivity index (χ3v) is 6.65. The van der Waals surface area contributed by atoms with Gasteiger partial charge in [0.25, 0.3) is 3.79 Å². The van der Waals surface area contributed by atoms with Gasteiger partial charge in [-0.25, -0.2) is 0 Å². The molecule has 0 fully saturated rings. The van der Waals surface area contributed by atoms with E-state index in [0.29, 0.717) is 0 Å². The van der Waals surface area contributed by atoms with Gasteiger partial charge in [-0.15, -0.1) is 0 Å². The van der Waals surface area contributed by atoms with Gasteiger partial charge in [0.05, 0.1) is 33.7 Å². The third kappa shape index (κ3) is 5.50. The van der Waals surface area contributed by atoms with Crippen molar-refractivity contribution in [3.05, 3.63) is 90.1 Å². The van der Waals surface area contributed by atoms with Crippen molar-refractivity contribution >= 4 is 98.6 Å². The van der Waals surface area contributed by atoms with E-state index in [1.807, 2.05) is 6.07 Å². The standard InChI is InChI=1S/C23H11Cl7N2O3/c1-32-16(6-7-31)17(20(33)12-4-2-10(24)8-14(12)26)18(19(32)22(35)23(28,29)30)21(34)13-5-3-11(25)9-15(13)27/h2-5,8-9H,6H2,1H3. The van der Waals surface area contributed by atoms with Gasteiger partial charge in [-0.1, -0.05) is 81.2 Å². The molecule has 0 aliphatic rings. The molecule has 0 N–H and O–H groups in total. The molecule has 0 atom stereocenters. The summed E-state index contributed by atoms with van der Waals surface area (Å²) in [6.45, 7) is 0. The normalized spacial score (nSPS) is 11.3. The highest BCUT2D eigenvalue weighted by molar-refractivity contribution is 6.77. The first-order valence-corrected chi connectivity index (χ1v) is 12.1. The Balaban J connectivity index is 2.45. The smallest absolute Gasteiger partial charge is 0.255 e. The highest BCUT2D eigenvalue weighted by Crippen LogP contribution is 2.38. The van der Waals surface area contributed by atoms with E-state index in [2.05, 4.69) is 0 Å². The zero-order valence-corrected chi connectivity index (χ0v) is 22.7. The lowest BCUT2D eigenvalue weighted by molar-refractivity contribution is 0.0970. The van der Waals surface area contributed by atoms with Crippen LogP contribution in [0.4, 0.5) is 0 Å². The second-order valence-corrected chi connectivity index (χ2v) is 11.1. The average Bonchev–Trinajstić information content (AvgIpc) is 3.04. The number of carbonyl (C=O) groups excluding carboxylic acids is 3. The fraction of sp³-hybridized carbons (Fsp3) is 0.130. The number of nitriles is 1. The first kappa shape index (κ1) is 27.8. The van der Waals surface area contributed by atoms with Gasteiger partial charge in [-0.2, -0.15) is 5.26 Å². The molecule has 3 aromatic rings. The van der Waals surface area contributed by atoms with Crippen molar-refractivity contribution in [3.8, 4) is 6.07 Å². The first-order chi connectivity index (χ1) is 16.3. The number of aromatic nitrogens is 1. The lowest BCUT2D eigenvalue weighted by Crippen LogP contribution is -2.25. The lowest BCUT2D eigenvalue weighted by Gasteiger charge is -2.13. The van der Waals surface area contributed by atoms with Crippen LogP contribution in [0.1, 0.15) is 48.0 Å². The fourth-order valence-corrected chi connectivity index (χ4v) is 4.75. The minimum absolute atomic E-state index is 0.00793. The van der Waals surface area contributed by atoms with E-state index >= 15 is 0 Å². The summed E-state index contributed by atoms with van der Waals surface area (Å²) in [7, 11) is 1.37. The molecule has 1 heterocycles. The topological polar surface area (TPSA) is 79.9 Å². The number of carbonyl (C=O) groups is 3. The summed E-state index contributed by atoms with van der Waals surface area (Å²) in [6.07, 6.45) is -0.357. The van der Waals surface area contributed by atoms with E-state index in [4.69, 9.17) is 81.2 Å². The van der Waals surface area contributed by atoms with Crippen LogP contribution < -0.4 is 0 Å². The van der Waals surface area contributed by atoms with Crippen molar-refractivity contribution in [3.63, 3.8) is 0 Å². The SMILES string of the molecule is Cn1c(CC#N)c(C(=O)c2ccc(Cl)cc2Cl)c(C(=O)c2ccc(Cl)cc2Cl)c1C(=O)C(Cl)(Cl)Cl. The summed E-state index contributed by atoms with van der Waals surface area (Å²) < 4.78 is -1.30. The van der Waals surface area contributed by atoms with E-state index in [-0.39, 0.29) is 54.6 Å². The van der Waals surface area contributed by atoms with E-state index in [1.54, 1.807) is 0 Å². The zero-order valence-electron chi connectivity index (χ0n) is 17.4. The zero-order chi connectivity index (χ0) is 26.2. The predicted octanol–water partition coefficient (Wildman–Crippen LogP) is 7.72. The largest absolute Gasteiger partial charge is 0.343 e. The summed E-state index contributed by atoms with van der Waals surface area (Å²) in [5.74, 6) is -2.65. The van der Waals surface area contributed by atoms with Gasteiger partial charge in [0.2, 0.25) is 5.78 Å². The molecule has 0 spiro atoms. The molecular formula is C23H11Cl7N2O3. The van der Waals surface area contributed by atoms with Crippen molar-refractivity contribution < 1.29 is 14.4 Å². The molecular weight excluding hydrogens is 600 g/mol. The molecule has 180 valence electrons. The highest BCUT2D eigenvalue weighted by atomic mass is 35.6. The van der Waals surface area contributed by atoms with E-state index < -0.39 is 26.7 Å². The minimum Gasteiger partial charge on any atom is -0.343 e. The third-order valence-electron chi connectivity index (χ3n) is 5.04. The Morgan fingerprint density at radius 1 is 0.857 bits per heavy atom. The molecule has 5 nitrogen and oxygen atoms in total. The molecule has 1 aromatic heterocycles. The Morgan fingerprint density at radius 2 is 1.31 bits per heavy atom. The van der Waals surface area contributed by atoms with Crippen LogP contribution in [0.25, 0.3) is 0 Å². The number of ketones is 3. The van der Waals surface area contributed by atoms with Crippen molar-refractivity contribution in [2.24, 2.45) is 7.05 Å². The molecule has 0 bridgehead atoms. The van der Waals surface area contributed by atoms with Crippen molar-refractivity contribution in [1.82, 2.24) is 4.57 Å². The molecule has 12 heteroatoms. The first-order valence-electron chi connectivity index (χ1n) is 9.49. The minimum atomic E-state index is -2.48. The summed E-state index contributed by atoms with van der Waals surface area (Å²) in [6, 6.07) is 10.1. The predicted molar refractivity (Wildman–Crippen MR) is 139 cm³/mol. The Kier molecular flexibility index (Phi) is 8.51. The van der Waals surface area contributed by atoms with Gasteiger partial charge in [0.15, 0.2) is 11.6 Å². The number of rotatable bonds is 6. The van der Waals surface area contributed by atoms with Crippen LogP contribution in [0.5, 0.6) is 0 Å². The average molecular weight is 612 g/mol. The van der Waals surface area contributed by atoms with Gasteiger partial charge in [0, 0.05) is 33.9 Å². The van der Waals surface area contributed by atoms with Crippen LogP contribution in [0.3, 0.4) is 0 Å². The van der Waals surface area contributed by atoms with Crippen LogP contribution >= 0.6 is 81.2 Å². The molecule has 3 rings (SSSR count). The summed E-state index contributed by atoms with van der Waals surface area (Å²) >= 11 is 42.0. The Bertz CT molecular complexity index is 1430. The number of Topliss-reactive ketones (excluding diaryl/α,β-unsaturated/α-hetero) is 1. The molecule has 0 radical (unpaired) electrons. The summed E-state index contributed by atoms with van der Waals surface area (Å²) in [4.78, 5) is 40.7. The maximum Gasteiger partial charge on any atom is 0.255 e. The van der Waals surface area contributed by atoms with Crippen LogP contribution in [-0.2, 0) is 13.5 Å². The Morgan fingerprint density at radius 3 is 1.71 bits per heavy atom.